The van der Waals surface area contributed by atoms with Crippen LogP contribution >= 0.6 is 0 Å². The lowest BCUT2D eigenvalue weighted by atomic mass is 10.1. The van der Waals surface area contributed by atoms with Crippen molar-refractivity contribution < 1.29 is 9.59 Å². The zero-order valence-corrected chi connectivity index (χ0v) is 15.9. The highest BCUT2D eigenvalue weighted by molar-refractivity contribution is 6.22. The minimum Gasteiger partial charge on any atom is -0.369 e. The van der Waals surface area contributed by atoms with Gasteiger partial charge in [0.15, 0.2) is 0 Å². The van der Waals surface area contributed by atoms with Gasteiger partial charge in [-0.3, -0.25) is 14.5 Å². The van der Waals surface area contributed by atoms with Crippen molar-refractivity contribution >= 4 is 23.2 Å². The Morgan fingerprint density at radius 1 is 0.815 bits per heavy atom. The number of hydrogen-bond donors (Lipinski definition) is 0. The van der Waals surface area contributed by atoms with Crippen LogP contribution in [0.5, 0.6) is 0 Å². The van der Waals surface area contributed by atoms with Crippen LogP contribution < -0.4 is 9.80 Å². The molecule has 0 N–H and O–H groups in total. The van der Waals surface area contributed by atoms with Crippen LogP contribution in [0, 0.1) is 13.8 Å². The van der Waals surface area contributed by atoms with Crippen molar-refractivity contribution in [2.24, 2.45) is 0 Å². The Morgan fingerprint density at radius 2 is 1.52 bits per heavy atom. The van der Waals surface area contributed by atoms with E-state index in [9.17, 15) is 9.59 Å². The molecule has 2 aliphatic heterocycles. The molecule has 2 aromatic rings. The monoisotopic (exact) mass is 363 g/mol. The third-order valence-electron chi connectivity index (χ3n) is 5.75. The normalized spacial score (nSPS) is 21.2. The van der Waals surface area contributed by atoms with E-state index in [2.05, 4.69) is 21.9 Å². The fraction of sp³-hybridized carbons (Fsp3) is 0.364. The second-order valence-corrected chi connectivity index (χ2v) is 7.41. The molecule has 0 unspecified atom stereocenters. The van der Waals surface area contributed by atoms with Gasteiger partial charge in [0.2, 0.25) is 5.91 Å². The number of para-hydroxylation sites is 1. The van der Waals surface area contributed by atoms with Gasteiger partial charge in [0.05, 0.1) is 18.2 Å². The van der Waals surface area contributed by atoms with Crippen molar-refractivity contribution in [3.63, 3.8) is 0 Å². The Bertz CT molecular complexity index is 857. The maximum absolute atomic E-state index is 13.0. The van der Waals surface area contributed by atoms with E-state index in [0.29, 0.717) is 5.69 Å². The van der Waals surface area contributed by atoms with Gasteiger partial charge in [0, 0.05) is 31.9 Å². The topological polar surface area (TPSA) is 43.9 Å². The van der Waals surface area contributed by atoms with Gasteiger partial charge >= 0.3 is 0 Å². The van der Waals surface area contributed by atoms with Crippen LogP contribution in [0.4, 0.5) is 11.4 Å². The maximum Gasteiger partial charge on any atom is 0.251 e. The third kappa shape index (κ3) is 3.35. The van der Waals surface area contributed by atoms with E-state index in [1.165, 1.54) is 10.6 Å². The van der Waals surface area contributed by atoms with Crippen LogP contribution in [0.25, 0.3) is 0 Å². The molecule has 2 heterocycles. The summed E-state index contributed by atoms with van der Waals surface area (Å²) in [5.74, 6) is -0.185. The second-order valence-electron chi connectivity index (χ2n) is 7.41. The predicted molar refractivity (Wildman–Crippen MR) is 107 cm³/mol. The lowest BCUT2D eigenvalue weighted by Gasteiger charge is -2.38. The summed E-state index contributed by atoms with van der Waals surface area (Å²) in [6.45, 7) is 7.35. The molecule has 2 aromatic carbocycles. The van der Waals surface area contributed by atoms with Crippen LogP contribution in [0.1, 0.15) is 17.5 Å². The fourth-order valence-corrected chi connectivity index (χ4v) is 3.97. The van der Waals surface area contributed by atoms with E-state index in [4.69, 9.17) is 0 Å². The van der Waals surface area contributed by atoms with Crippen LogP contribution in [-0.4, -0.2) is 48.9 Å². The van der Waals surface area contributed by atoms with E-state index in [-0.39, 0.29) is 24.3 Å². The molecule has 0 radical (unpaired) electrons. The first kappa shape index (κ1) is 17.7. The standard InChI is InChI=1S/C22H25N3O2/c1-16-8-9-19(14-17(16)2)25-21(26)15-20(22(25)27)24-12-10-23(11-13-24)18-6-4-3-5-7-18/h3-9,14,20H,10-13,15H2,1-2H3/t20-/m1/s1. The summed E-state index contributed by atoms with van der Waals surface area (Å²) in [5, 5.41) is 0. The first-order valence-corrected chi connectivity index (χ1v) is 9.52. The number of imide groups is 1. The summed E-state index contributed by atoms with van der Waals surface area (Å²) < 4.78 is 0. The maximum atomic E-state index is 13.0. The lowest BCUT2D eigenvalue weighted by molar-refractivity contribution is -0.123. The average molecular weight is 363 g/mol. The van der Waals surface area contributed by atoms with Gasteiger partial charge in [0.1, 0.15) is 0 Å². The van der Waals surface area contributed by atoms with Gasteiger partial charge in [-0.2, -0.15) is 0 Å². The quantitative estimate of drug-likeness (QED) is 0.787. The molecule has 1 atom stereocenters. The van der Waals surface area contributed by atoms with Crippen molar-refractivity contribution in [2.75, 3.05) is 36.0 Å². The number of rotatable bonds is 3. The number of piperazine rings is 1. The smallest absolute Gasteiger partial charge is 0.251 e. The van der Waals surface area contributed by atoms with Gasteiger partial charge in [-0.05, 0) is 49.2 Å². The minimum atomic E-state index is -0.336. The van der Waals surface area contributed by atoms with Gasteiger partial charge in [-0.15, -0.1) is 0 Å². The van der Waals surface area contributed by atoms with Crippen molar-refractivity contribution in [2.45, 2.75) is 26.3 Å². The molecule has 5 nitrogen and oxygen atoms in total. The molecular weight excluding hydrogens is 338 g/mol. The number of aryl methyl sites for hydroxylation is 2. The summed E-state index contributed by atoms with van der Waals surface area (Å²) in [7, 11) is 0. The number of carbonyl (C=O) groups is 2. The summed E-state index contributed by atoms with van der Waals surface area (Å²) in [5.41, 5.74) is 4.15. The summed E-state index contributed by atoms with van der Waals surface area (Å²) in [6.07, 6.45) is 0.275. The molecular formula is C22H25N3O2. The molecule has 5 heteroatoms. The molecule has 2 saturated heterocycles. The van der Waals surface area contributed by atoms with Gasteiger partial charge in [-0.25, -0.2) is 4.90 Å². The van der Waals surface area contributed by atoms with Crippen molar-refractivity contribution in [3.05, 3.63) is 59.7 Å². The summed E-state index contributed by atoms with van der Waals surface area (Å²) in [6, 6.07) is 15.8. The Hall–Kier alpha value is -2.66. The SMILES string of the molecule is Cc1ccc(N2C(=O)C[C@@H](N3CCN(c4ccccc4)CC3)C2=O)cc1C. The highest BCUT2D eigenvalue weighted by Gasteiger charge is 2.43. The fourth-order valence-electron chi connectivity index (χ4n) is 3.97. The first-order chi connectivity index (χ1) is 13.0. The zero-order chi connectivity index (χ0) is 19.0. The van der Waals surface area contributed by atoms with E-state index in [1.807, 2.05) is 50.2 Å². The van der Waals surface area contributed by atoms with Crippen LogP contribution in [0.3, 0.4) is 0 Å². The third-order valence-corrected chi connectivity index (χ3v) is 5.75. The Kier molecular flexibility index (Phi) is 4.70. The van der Waals surface area contributed by atoms with Crippen LogP contribution in [-0.2, 0) is 9.59 Å². The van der Waals surface area contributed by atoms with E-state index < -0.39 is 0 Å². The van der Waals surface area contributed by atoms with E-state index in [0.717, 1.165) is 37.3 Å². The molecule has 27 heavy (non-hydrogen) atoms. The first-order valence-electron chi connectivity index (χ1n) is 9.52. The van der Waals surface area contributed by atoms with Crippen molar-refractivity contribution in [1.29, 1.82) is 0 Å². The van der Waals surface area contributed by atoms with E-state index >= 15 is 0 Å². The molecule has 0 spiro atoms. The van der Waals surface area contributed by atoms with Crippen LogP contribution in [0.15, 0.2) is 48.5 Å². The molecule has 0 aliphatic carbocycles. The number of amides is 2. The molecule has 4 rings (SSSR count). The zero-order valence-electron chi connectivity index (χ0n) is 15.9. The predicted octanol–water partition coefficient (Wildman–Crippen LogP) is 2.76. The van der Waals surface area contributed by atoms with Gasteiger partial charge < -0.3 is 4.90 Å². The number of carbonyl (C=O) groups excluding carboxylic acids is 2. The average Bonchev–Trinajstić information content (AvgIpc) is 2.99. The summed E-state index contributed by atoms with van der Waals surface area (Å²) in [4.78, 5) is 31.5. The van der Waals surface area contributed by atoms with Gasteiger partial charge in [-0.1, -0.05) is 24.3 Å². The number of hydrogen-bond acceptors (Lipinski definition) is 4. The van der Waals surface area contributed by atoms with E-state index in [1.54, 1.807) is 0 Å². The Morgan fingerprint density at radius 3 is 2.19 bits per heavy atom. The highest BCUT2D eigenvalue weighted by Crippen LogP contribution is 2.28. The minimum absolute atomic E-state index is 0.0867. The molecule has 0 bridgehead atoms. The summed E-state index contributed by atoms with van der Waals surface area (Å²) >= 11 is 0. The van der Waals surface area contributed by atoms with Crippen LogP contribution in [0.2, 0.25) is 0 Å². The number of nitrogens with zero attached hydrogens (tertiary/aromatic N) is 3. The highest BCUT2D eigenvalue weighted by atomic mass is 16.2. The Balaban J connectivity index is 1.45. The molecule has 2 fully saturated rings. The molecule has 2 amide bonds. The molecule has 2 aliphatic rings. The van der Waals surface area contributed by atoms with Crippen molar-refractivity contribution in [3.8, 4) is 0 Å². The molecule has 140 valence electrons. The number of anilines is 2. The second kappa shape index (κ2) is 7.16. The molecule has 0 aromatic heterocycles. The van der Waals surface area contributed by atoms with Crippen molar-refractivity contribution in [1.82, 2.24) is 4.90 Å². The molecule has 0 saturated carbocycles. The lowest BCUT2D eigenvalue weighted by Crippen LogP contribution is -2.52. The number of benzene rings is 2. The largest absolute Gasteiger partial charge is 0.369 e. The van der Waals surface area contributed by atoms with Gasteiger partial charge in [0.25, 0.3) is 5.91 Å². The Labute approximate surface area is 160 Å².